The number of carbonyl (C=O) groups is 2. The molecule has 112 valence electrons. The second-order valence-electron chi connectivity index (χ2n) is 4.91. The van der Waals surface area contributed by atoms with Crippen LogP contribution in [0.1, 0.15) is 37.0 Å². The van der Waals surface area contributed by atoms with Gasteiger partial charge in [-0.1, -0.05) is 6.92 Å². The Morgan fingerprint density at radius 3 is 2.81 bits per heavy atom. The van der Waals surface area contributed by atoms with Crippen LogP contribution in [0.25, 0.3) is 11.0 Å². The summed E-state index contributed by atoms with van der Waals surface area (Å²) >= 11 is 0. The standard InChI is InChI=1S/C14H19N5O2/c1-3-9(2)16-13(20)6-7-15-14(21)10-4-5-11-12(8-10)18-19-17-11/h4-5,8-9H,3,6-7H2,1-2H3,(H,15,21)(H,16,20)(H,17,18,19)/t9-/m0/s1. The van der Waals surface area contributed by atoms with Gasteiger partial charge in [0.25, 0.3) is 5.91 Å². The summed E-state index contributed by atoms with van der Waals surface area (Å²) in [6.45, 7) is 4.26. The Morgan fingerprint density at radius 2 is 2.05 bits per heavy atom. The fourth-order valence-corrected chi connectivity index (χ4v) is 1.82. The Hall–Kier alpha value is -2.44. The number of aromatic nitrogens is 3. The van der Waals surface area contributed by atoms with E-state index in [1.54, 1.807) is 18.2 Å². The van der Waals surface area contributed by atoms with Crippen molar-refractivity contribution in [3.63, 3.8) is 0 Å². The molecule has 0 saturated heterocycles. The van der Waals surface area contributed by atoms with Crippen LogP contribution in [-0.4, -0.2) is 39.8 Å². The number of hydrogen-bond donors (Lipinski definition) is 3. The topological polar surface area (TPSA) is 99.8 Å². The van der Waals surface area contributed by atoms with Gasteiger partial charge in [-0.05, 0) is 31.5 Å². The Labute approximate surface area is 122 Å². The zero-order valence-corrected chi connectivity index (χ0v) is 12.1. The lowest BCUT2D eigenvalue weighted by molar-refractivity contribution is -0.121. The highest BCUT2D eigenvalue weighted by molar-refractivity contribution is 5.97. The zero-order valence-electron chi connectivity index (χ0n) is 12.1. The largest absolute Gasteiger partial charge is 0.354 e. The van der Waals surface area contributed by atoms with Crippen molar-refractivity contribution in [3.8, 4) is 0 Å². The third-order valence-corrected chi connectivity index (χ3v) is 3.24. The highest BCUT2D eigenvalue weighted by atomic mass is 16.2. The first kappa shape index (κ1) is 15.0. The first-order chi connectivity index (χ1) is 10.1. The van der Waals surface area contributed by atoms with Crippen molar-refractivity contribution in [2.24, 2.45) is 0 Å². The first-order valence-corrected chi connectivity index (χ1v) is 6.98. The smallest absolute Gasteiger partial charge is 0.251 e. The summed E-state index contributed by atoms with van der Waals surface area (Å²) in [6.07, 6.45) is 1.15. The SMILES string of the molecule is CC[C@H](C)NC(=O)CCNC(=O)c1ccc2n[nH]nc2c1. The second-order valence-corrected chi connectivity index (χ2v) is 4.91. The predicted octanol–water partition coefficient (Wildman–Crippen LogP) is 0.992. The highest BCUT2D eigenvalue weighted by Crippen LogP contribution is 2.10. The van der Waals surface area contributed by atoms with E-state index in [0.717, 1.165) is 6.42 Å². The van der Waals surface area contributed by atoms with Crippen LogP contribution >= 0.6 is 0 Å². The van der Waals surface area contributed by atoms with Crippen LogP contribution in [-0.2, 0) is 4.79 Å². The van der Waals surface area contributed by atoms with Crippen LogP contribution in [0.2, 0.25) is 0 Å². The van der Waals surface area contributed by atoms with Gasteiger partial charge >= 0.3 is 0 Å². The minimum absolute atomic E-state index is 0.0587. The minimum atomic E-state index is -0.226. The summed E-state index contributed by atoms with van der Waals surface area (Å²) in [4.78, 5) is 23.6. The highest BCUT2D eigenvalue weighted by Gasteiger charge is 2.09. The van der Waals surface area contributed by atoms with Gasteiger partial charge in [0.05, 0.1) is 0 Å². The molecule has 0 bridgehead atoms. The van der Waals surface area contributed by atoms with Crippen molar-refractivity contribution in [2.75, 3.05) is 6.54 Å². The Morgan fingerprint density at radius 1 is 1.29 bits per heavy atom. The van der Waals surface area contributed by atoms with E-state index >= 15 is 0 Å². The molecule has 21 heavy (non-hydrogen) atoms. The van der Waals surface area contributed by atoms with Crippen LogP contribution in [0, 0.1) is 0 Å². The maximum absolute atomic E-state index is 12.0. The van der Waals surface area contributed by atoms with Crippen LogP contribution in [0.5, 0.6) is 0 Å². The van der Waals surface area contributed by atoms with Crippen molar-refractivity contribution < 1.29 is 9.59 Å². The lowest BCUT2D eigenvalue weighted by Crippen LogP contribution is -2.35. The summed E-state index contributed by atoms with van der Waals surface area (Å²) in [5, 5.41) is 15.9. The van der Waals surface area contributed by atoms with Crippen molar-refractivity contribution in [3.05, 3.63) is 23.8 Å². The molecular formula is C14H19N5O2. The van der Waals surface area contributed by atoms with Gasteiger partial charge in [0, 0.05) is 24.6 Å². The molecule has 2 aromatic rings. The number of benzene rings is 1. The molecule has 0 aliphatic rings. The lowest BCUT2D eigenvalue weighted by atomic mass is 10.2. The molecule has 2 rings (SSSR count). The molecule has 0 aliphatic carbocycles. The van der Waals surface area contributed by atoms with Crippen LogP contribution in [0.4, 0.5) is 0 Å². The number of rotatable bonds is 6. The van der Waals surface area contributed by atoms with Gasteiger partial charge in [-0.15, -0.1) is 0 Å². The fraction of sp³-hybridized carbons (Fsp3) is 0.429. The molecule has 7 heteroatoms. The molecule has 0 radical (unpaired) electrons. The molecule has 2 amide bonds. The van der Waals surface area contributed by atoms with Gasteiger partial charge in [-0.3, -0.25) is 9.59 Å². The lowest BCUT2D eigenvalue weighted by Gasteiger charge is -2.11. The summed E-state index contributed by atoms with van der Waals surface area (Å²) in [7, 11) is 0. The van der Waals surface area contributed by atoms with E-state index in [9.17, 15) is 9.59 Å². The Balaban J connectivity index is 1.83. The number of amides is 2. The third-order valence-electron chi connectivity index (χ3n) is 3.24. The number of H-pyrrole nitrogens is 1. The molecule has 3 N–H and O–H groups in total. The molecule has 0 saturated carbocycles. The van der Waals surface area contributed by atoms with E-state index < -0.39 is 0 Å². The molecule has 1 atom stereocenters. The number of hydrogen-bond acceptors (Lipinski definition) is 4. The van der Waals surface area contributed by atoms with Crippen LogP contribution in [0.15, 0.2) is 18.2 Å². The number of nitrogens with one attached hydrogen (secondary N) is 3. The molecule has 1 heterocycles. The summed E-state index contributed by atoms with van der Waals surface area (Å²) in [6, 6.07) is 5.22. The molecule has 1 aromatic heterocycles. The van der Waals surface area contributed by atoms with Crippen molar-refractivity contribution in [1.29, 1.82) is 0 Å². The zero-order chi connectivity index (χ0) is 15.2. The third kappa shape index (κ3) is 4.01. The predicted molar refractivity (Wildman–Crippen MR) is 78.7 cm³/mol. The van der Waals surface area contributed by atoms with Gasteiger partial charge < -0.3 is 10.6 Å². The maximum Gasteiger partial charge on any atom is 0.251 e. The van der Waals surface area contributed by atoms with Crippen molar-refractivity contribution >= 4 is 22.8 Å². The first-order valence-electron chi connectivity index (χ1n) is 6.98. The van der Waals surface area contributed by atoms with E-state index in [0.29, 0.717) is 23.1 Å². The van der Waals surface area contributed by atoms with E-state index in [4.69, 9.17) is 0 Å². The van der Waals surface area contributed by atoms with E-state index in [2.05, 4.69) is 26.0 Å². The molecule has 1 aromatic carbocycles. The normalized spacial score (nSPS) is 12.1. The monoisotopic (exact) mass is 289 g/mol. The molecule has 0 spiro atoms. The Bertz CT molecular complexity index is 637. The molecular weight excluding hydrogens is 270 g/mol. The minimum Gasteiger partial charge on any atom is -0.354 e. The molecule has 0 aliphatic heterocycles. The number of fused-ring (bicyclic) bond motifs is 1. The molecule has 7 nitrogen and oxygen atoms in total. The maximum atomic E-state index is 12.0. The van der Waals surface area contributed by atoms with E-state index in [1.165, 1.54) is 0 Å². The molecule has 0 unspecified atom stereocenters. The van der Waals surface area contributed by atoms with Crippen LogP contribution in [0.3, 0.4) is 0 Å². The number of aromatic amines is 1. The van der Waals surface area contributed by atoms with Gasteiger partial charge in [0.1, 0.15) is 11.0 Å². The summed E-state index contributed by atoms with van der Waals surface area (Å²) in [5.41, 5.74) is 1.84. The van der Waals surface area contributed by atoms with Crippen molar-refractivity contribution in [1.82, 2.24) is 26.0 Å². The van der Waals surface area contributed by atoms with E-state index in [-0.39, 0.29) is 24.3 Å². The quantitative estimate of drug-likeness (QED) is 0.738. The van der Waals surface area contributed by atoms with Gasteiger partial charge in [0.2, 0.25) is 5.91 Å². The Kier molecular flexibility index (Phi) is 4.86. The van der Waals surface area contributed by atoms with E-state index in [1.807, 2.05) is 13.8 Å². The van der Waals surface area contributed by atoms with Crippen molar-refractivity contribution in [2.45, 2.75) is 32.7 Å². The van der Waals surface area contributed by atoms with Gasteiger partial charge in [-0.25, -0.2) is 0 Å². The van der Waals surface area contributed by atoms with Gasteiger partial charge in [0.15, 0.2) is 0 Å². The molecule has 0 fully saturated rings. The number of carbonyl (C=O) groups excluding carboxylic acids is 2. The summed E-state index contributed by atoms with van der Waals surface area (Å²) in [5.74, 6) is -0.284. The number of nitrogens with zero attached hydrogens (tertiary/aromatic N) is 2. The average molecular weight is 289 g/mol. The summed E-state index contributed by atoms with van der Waals surface area (Å²) < 4.78 is 0. The van der Waals surface area contributed by atoms with Gasteiger partial charge in [-0.2, -0.15) is 15.4 Å². The van der Waals surface area contributed by atoms with Crippen LogP contribution < -0.4 is 10.6 Å². The average Bonchev–Trinajstić information content (AvgIpc) is 2.94. The fourth-order valence-electron chi connectivity index (χ4n) is 1.82. The second kappa shape index (κ2) is 6.83.